The van der Waals surface area contributed by atoms with E-state index in [1.165, 1.54) is 0 Å². The summed E-state index contributed by atoms with van der Waals surface area (Å²) in [5.74, 6) is -1.44. The van der Waals surface area contributed by atoms with Crippen molar-refractivity contribution < 1.29 is 13.0 Å². The van der Waals surface area contributed by atoms with Gasteiger partial charge in [0, 0.05) is 44.2 Å². The lowest BCUT2D eigenvalue weighted by Crippen LogP contribution is -2.45. The second-order valence-corrected chi connectivity index (χ2v) is 6.52. The summed E-state index contributed by atoms with van der Waals surface area (Å²) in [5, 5.41) is 0. The van der Waals surface area contributed by atoms with Crippen molar-refractivity contribution in [2.24, 2.45) is 0 Å². The molecule has 0 aliphatic carbocycles. The predicted molar refractivity (Wildman–Crippen MR) is 76.0 cm³/mol. The Hall–Kier alpha value is -1.05. The Morgan fingerprint density at radius 1 is 1.20 bits per heavy atom. The van der Waals surface area contributed by atoms with Gasteiger partial charge in [-0.15, -0.1) is 0 Å². The number of piperazine rings is 1. The van der Waals surface area contributed by atoms with Crippen molar-refractivity contribution in [3.8, 4) is 0 Å². The SMILES string of the molecule is CN1CCN(CCS(=O)c2c(F)cc(N)cc2F)CC1. The molecule has 0 bridgehead atoms. The van der Waals surface area contributed by atoms with Crippen molar-refractivity contribution in [1.82, 2.24) is 9.80 Å². The van der Waals surface area contributed by atoms with E-state index in [1.807, 2.05) is 0 Å². The lowest BCUT2D eigenvalue weighted by Gasteiger charge is -2.32. The fourth-order valence-electron chi connectivity index (χ4n) is 2.18. The van der Waals surface area contributed by atoms with Crippen molar-refractivity contribution in [1.29, 1.82) is 0 Å². The normalized spacial score (nSPS) is 19.1. The highest BCUT2D eigenvalue weighted by Crippen LogP contribution is 2.20. The fourth-order valence-corrected chi connectivity index (χ4v) is 3.36. The van der Waals surface area contributed by atoms with Crippen LogP contribution in [0.15, 0.2) is 17.0 Å². The highest BCUT2D eigenvalue weighted by molar-refractivity contribution is 7.85. The molecule has 20 heavy (non-hydrogen) atoms. The summed E-state index contributed by atoms with van der Waals surface area (Å²) in [6.07, 6.45) is 0. The Morgan fingerprint density at radius 2 is 1.75 bits per heavy atom. The molecule has 1 heterocycles. The van der Waals surface area contributed by atoms with Crippen LogP contribution in [0.3, 0.4) is 0 Å². The third kappa shape index (κ3) is 3.74. The lowest BCUT2D eigenvalue weighted by atomic mass is 10.3. The van der Waals surface area contributed by atoms with Gasteiger partial charge in [-0.3, -0.25) is 9.11 Å². The number of anilines is 1. The highest BCUT2D eigenvalue weighted by Gasteiger charge is 2.19. The van der Waals surface area contributed by atoms with Crippen LogP contribution in [0.1, 0.15) is 0 Å². The quantitative estimate of drug-likeness (QED) is 0.840. The van der Waals surface area contributed by atoms with E-state index in [-0.39, 0.29) is 16.3 Å². The third-order valence-corrected chi connectivity index (χ3v) is 4.84. The number of hydrogen-bond acceptors (Lipinski definition) is 4. The first kappa shape index (κ1) is 15.3. The Balaban J connectivity index is 1.95. The van der Waals surface area contributed by atoms with E-state index >= 15 is 0 Å². The first-order valence-electron chi connectivity index (χ1n) is 6.51. The predicted octanol–water partition coefficient (Wildman–Crippen LogP) is 0.902. The van der Waals surface area contributed by atoms with Gasteiger partial charge < -0.3 is 10.6 Å². The van der Waals surface area contributed by atoms with Gasteiger partial charge in [0.15, 0.2) is 0 Å². The Labute approximate surface area is 120 Å². The molecule has 0 saturated carbocycles. The largest absolute Gasteiger partial charge is 0.399 e. The van der Waals surface area contributed by atoms with Crippen LogP contribution < -0.4 is 5.73 Å². The molecule has 4 nitrogen and oxygen atoms in total. The van der Waals surface area contributed by atoms with Gasteiger partial charge >= 0.3 is 0 Å². The number of rotatable bonds is 4. The number of nitrogens with two attached hydrogens (primary N) is 1. The van der Waals surface area contributed by atoms with Crippen molar-refractivity contribution in [2.75, 3.05) is 51.3 Å². The van der Waals surface area contributed by atoms with Gasteiger partial charge in [0.1, 0.15) is 16.5 Å². The van der Waals surface area contributed by atoms with Gasteiger partial charge in [0.2, 0.25) is 0 Å². The van der Waals surface area contributed by atoms with E-state index in [1.54, 1.807) is 0 Å². The van der Waals surface area contributed by atoms with Crippen molar-refractivity contribution >= 4 is 16.5 Å². The maximum Gasteiger partial charge on any atom is 0.144 e. The Bertz CT molecular complexity index is 481. The molecule has 0 radical (unpaired) electrons. The van der Waals surface area contributed by atoms with Crippen LogP contribution in [-0.4, -0.2) is 59.5 Å². The van der Waals surface area contributed by atoms with Crippen molar-refractivity contribution in [2.45, 2.75) is 4.90 Å². The zero-order valence-electron chi connectivity index (χ0n) is 11.4. The van der Waals surface area contributed by atoms with Crippen LogP contribution in [-0.2, 0) is 10.8 Å². The smallest absolute Gasteiger partial charge is 0.144 e. The molecule has 1 aromatic carbocycles. The van der Waals surface area contributed by atoms with Crippen LogP contribution in [0.5, 0.6) is 0 Å². The van der Waals surface area contributed by atoms with Crippen molar-refractivity contribution in [3.05, 3.63) is 23.8 Å². The van der Waals surface area contributed by atoms with Gasteiger partial charge in [-0.1, -0.05) is 0 Å². The maximum absolute atomic E-state index is 13.6. The number of nitrogens with zero attached hydrogens (tertiary/aromatic N) is 2. The van der Waals surface area contributed by atoms with Crippen LogP contribution in [0.25, 0.3) is 0 Å². The van der Waals surface area contributed by atoms with Crippen molar-refractivity contribution in [3.63, 3.8) is 0 Å². The van der Waals surface area contributed by atoms with Crippen LogP contribution >= 0.6 is 0 Å². The molecule has 0 amide bonds. The summed E-state index contributed by atoms with van der Waals surface area (Å²) in [5.41, 5.74) is 5.34. The molecule has 112 valence electrons. The van der Waals surface area contributed by atoms with Gasteiger partial charge in [0.05, 0.1) is 10.8 Å². The number of halogens is 2. The average Bonchev–Trinajstić information content (AvgIpc) is 2.37. The van der Waals surface area contributed by atoms with E-state index in [0.29, 0.717) is 6.54 Å². The van der Waals surface area contributed by atoms with E-state index in [9.17, 15) is 13.0 Å². The first-order chi connectivity index (χ1) is 9.47. The second kappa shape index (κ2) is 6.60. The molecule has 1 aromatic rings. The Morgan fingerprint density at radius 3 is 2.30 bits per heavy atom. The van der Waals surface area contributed by atoms with E-state index in [4.69, 9.17) is 5.73 Å². The summed E-state index contributed by atoms with van der Waals surface area (Å²) in [6.45, 7) is 4.26. The summed E-state index contributed by atoms with van der Waals surface area (Å²) in [6, 6.07) is 2.01. The minimum Gasteiger partial charge on any atom is -0.399 e. The zero-order valence-corrected chi connectivity index (χ0v) is 12.3. The molecule has 2 N–H and O–H groups in total. The molecule has 0 spiro atoms. The average molecular weight is 303 g/mol. The molecule has 1 atom stereocenters. The van der Waals surface area contributed by atoms with Gasteiger partial charge in [-0.05, 0) is 19.2 Å². The molecule has 2 rings (SSSR count). The monoisotopic (exact) mass is 303 g/mol. The standard InChI is InChI=1S/C13H19F2N3OS/c1-17-2-4-18(5-3-17)6-7-20(19)13-11(14)8-10(16)9-12(13)15/h8-9H,2-7,16H2,1H3. The molecule has 0 aromatic heterocycles. The third-order valence-electron chi connectivity index (χ3n) is 3.44. The van der Waals surface area contributed by atoms with E-state index in [2.05, 4.69) is 16.8 Å². The van der Waals surface area contributed by atoms with E-state index in [0.717, 1.165) is 38.3 Å². The number of hydrogen-bond donors (Lipinski definition) is 1. The minimum atomic E-state index is -1.69. The summed E-state index contributed by atoms with van der Waals surface area (Å²) >= 11 is 0. The summed E-state index contributed by atoms with van der Waals surface area (Å²) in [7, 11) is 0.364. The second-order valence-electron chi connectivity index (χ2n) is 5.01. The topological polar surface area (TPSA) is 49.6 Å². The molecular formula is C13H19F2N3OS. The zero-order chi connectivity index (χ0) is 14.7. The number of benzene rings is 1. The van der Waals surface area contributed by atoms with Crippen LogP contribution in [0.4, 0.5) is 14.5 Å². The molecule has 1 aliphatic heterocycles. The van der Waals surface area contributed by atoms with Gasteiger partial charge in [-0.2, -0.15) is 0 Å². The molecule has 1 aliphatic rings. The molecule has 1 fully saturated rings. The maximum atomic E-state index is 13.6. The minimum absolute atomic E-state index is 0.000169. The molecule has 1 saturated heterocycles. The summed E-state index contributed by atoms with van der Waals surface area (Å²) in [4.78, 5) is 4.01. The molecular weight excluding hydrogens is 284 g/mol. The first-order valence-corrected chi connectivity index (χ1v) is 7.83. The highest BCUT2D eigenvalue weighted by atomic mass is 32.2. The number of nitrogen functional groups attached to an aromatic ring is 1. The fraction of sp³-hybridized carbons (Fsp3) is 0.538. The molecule has 7 heteroatoms. The van der Waals surface area contributed by atoms with Crippen LogP contribution in [0.2, 0.25) is 0 Å². The summed E-state index contributed by atoms with van der Waals surface area (Å²) < 4.78 is 39.3. The Kier molecular flexibility index (Phi) is 5.06. The number of likely N-dealkylation sites (N-methyl/N-ethyl adjacent to an activating group) is 1. The van der Waals surface area contributed by atoms with Crippen LogP contribution in [0, 0.1) is 11.6 Å². The molecule has 1 unspecified atom stereocenters. The lowest BCUT2D eigenvalue weighted by molar-refractivity contribution is 0.161. The van der Waals surface area contributed by atoms with Gasteiger partial charge in [-0.25, -0.2) is 8.78 Å². The van der Waals surface area contributed by atoms with E-state index < -0.39 is 22.4 Å². The van der Waals surface area contributed by atoms with Gasteiger partial charge in [0.25, 0.3) is 0 Å².